The second-order valence-electron chi connectivity index (χ2n) is 9.20. The van der Waals surface area contributed by atoms with Crippen LogP contribution < -0.4 is 19.9 Å². The minimum Gasteiger partial charge on any atom is -0.490 e. The molecular weight excluding hydrogens is 480 g/mol. The maximum Gasteiger partial charge on any atom is 0.379 e. The first kappa shape index (κ1) is 24.7. The van der Waals surface area contributed by atoms with Crippen molar-refractivity contribution in [3.8, 4) is 23.3 Å². The topological polar surface area (TPSA) is 108 Å². The molecule has 1 aliphatic rings. The molecule has 1 aromatic heterocycles. The number of nitrogens with two attached hydrogens (primary N) is 1. The van der Waals surface area contributed by atoms with Crippen LogP contribution in [0.15, 0.2) is 83.1 Å². The molecule has 5 rings (SSSR count). The highest BCUT2D eigenvalue weighted by molar-refractivity contribution is 5.98. The van der Waals surface area contributed by atoms with Gasteiger partial charge in [-0.15, -0.1) is 0 Å². The van der Waals surface area contributed by atoms with Crippen LogP contribution in [-0.4, -0.2) is 12.6 Å². The third-order valence-electron chi connectivity index (χ3n) is 6.52. The van der Waals surface area contributed by atoms with Gasteiger partial charge in [-0.05, 0) is 61.7 Å². The molecule has 2 heterocycles. The molecule has 1 atom stereocenters. The van der Waals surface area contributed by atoms with Gasteiger partial charge < -0.3 is 24.4 Å². The van der Waals surface area contributed by atoms with Gasteiger partial charge in [0.1, 0.15) is 41.1 Å². The standard InChI is InChI=1S/C31H26N2O5/c1-5-11-35-21-8-6-7-20(14-21)28-23-10-9-22(15-25(23)38-30(33)24(28)16-32)36-31(34)29-19(4)27-18(3)12-17(2)13-26(27)37-29/h5-10,12-15,28H,1,11,33H2,2-4H3. The molecule has 0 radical (unpaired) electrons. The van der Waals surface area contributed by atoms with Crippen LogP contribution >= 0.6 is 0 Å². The molecule has 1 unspecified atom stereocenters. The summed E-state index contributed by atoms with van der Waals surface area (Å²) in [6.07, 6.45) is 1.66. The fraction of sp³-hybridized carbons (Fsp3) is 0.161. The highest BCUT2D eigenvalue weighted by Crippen LogP contribution is 2.44. The summed E-state index contributed by atoms with van der Waals surface area (Å²) in [4.78, 5) is 13.1. The second kappa shape index (κ2) is 9.83. The number of furan rings is 1. The van der Waals surface area contributed by atoms with Crippen LogP contribution in [-0.2, 0) is 0 Å². The summed E-state index contributed by atoms with van der Waals surface area (Å²) in [6.45, 7) is 9.83. The van der Waals surface area contributed by atoms with Crippen LogP contribution in [0.3, 0.4) is 0 Å². The van der Waals surface area contributed by atoms with Gasteiger partial charge in [0, 0.05) is 22.6 Å². The lowest BCUT2D eigenvalue weighted by molar-refractivity contribution is 0.0702. The molecule has 0 spiro atoms. The molecule has 4 aromatic rings. The monoisotopic (exact) mass is 506 g/mol. The Bertz CT molecular complexity index is 1670. The SMILES string of the molecule is C=CCOc1cccc(C2C(C#N)=C(N)Oc3cc(OC(=O)c4oc5cc(C)cc(C)c5c4C)ccc32)c1. The predicted octanol–water partition coefficient (Wildman–Crippen LogP) is 6.36. The van der Waals surface area contributed by atoms with Crippen LogP contribution in [0.4, 0.5) is 0 Å². The van der Waals surface area contributed by atoms with Crippen molar-refractivity contribution >= 4 is 16.9 Å². The average molecular weight is 507 g/mol. The van der Waals surface area contributed by atoms with E-state index >= 15 is 0 Å². The molecule has 0 aliphatic carbocycles. The maximum atomic E-state index is 13.1. The molecule has 190 valence electrons. The lowest BCUT2D eigenvalue weighted by Gasteiger charge is -2.27. The van der Waals surface area contributed by atoms with E-state index in [0.717, 1.165) is 27.6 Å². The Morgan fingerprint density at radius 3 is 2.71 bits per heavy atom. The number of rotatable bonds is 6. The van der Waals surface area contributed by atoms with E-state index in [0.29, 0.717) is 29.3 Å². The van der Waals surface area contributed by atoms with Crippen molar-refractivity contribution in [1.29, 1.82) is 5.26 Å². The summed E-state index contributed by atoms with van der Waals surface area (Å²) < 4.78 is 23.0. The summed E-state index contributed by atoms with van der Waals surface area (Å²) in [7, 11) is 0. The number of nitrogens with zero attached hydrogens (tertiary/aromatic N) is 1. The summed E-state index contributed by atoms with van der Waals surface area (Å²) in [5.41, 5.74) is 11.4. The Labute approximate surface area is 220 Å². The fourth-order valence-corrected chi connectivity index (χ4v) is 4.92. The lowest BCUT2D eigenvalue weighted by Crippen LogP contribution is -2.21. The maximum absolute atomic E-state index is 13.1. The van der Waals surface area contributed by atoms with Gasteiger partial charge in [-0.3, -0.25) is 0 Å². The number of benzene rings is 3. The van der Waals surface area contributed by atoms with Gasteiger partial charge in [0.05, 0.1) is 5.92 Å². The van der Waals surface area contributed by atoms with E-state index in [1.54, 1.807) is 24.3 Å². The third kappa shape index (κ3) is 4.37. The summed E-state index contributed by atoms with van der Waals surface area (Å²) >= 11 is 0. The molecule has 0 amide bonds. The first-order valence-electron chi connectivity index (χ1n) is 12.1. The van der Waals surface area contributed by atoms with Gasteiger partial charge in [0.2, 0.25) is 11.6 Å². The van der Waals surface area contributed by atoms with E-state index in [-0.39, 0.29) is 23.0 Å². The van der Waals surface area contributed by atoms with Gasteiger partial charge in [-0.2, -0.15) is 5.26 Å². The predicted molar refractivity (Wildman–Crippen MR) is 143 cm³/mol. The Balaban J connectivity index is 1.48. The number of allylic oxidation sites excluding steroid dienone is 1. The molecule has 0 fully saturated rings. The quantitative estimate of drug-likeness (QED) is 0.184. The van der Waals surface area contributed by atoms with Crippen molar-refractivity contribution in [2.45, 2.75) is 26.7 Å². The highest BCUT2D eigenvalue weighted by Gasteiger charge is 2.31. The van der Waals surface area contributed by atoms with E-state index < -0.39 is 11.9 Å². The highest BCUT2D eigenvalue weighted by atomic mass is 16.5. The van der Waals surface area contributed by atoms with E-state index in [1.165, 1.54) is 0 Å². The molecule has 3 aromatic carbocycles. The smallest absolute Gasteiger partial charge is 0.379 e. The van der Waals surface area contributed by atoms with Gasteiger partial charge in [0.25, 0.3) is 0 Å². The molecule has 0 saturated heterocycles. The average Bonchev–Trinajstić information content (AvgIpc) is 3.23. The minimum atomic E-state index is -0.614. The number of ether oxygens (including phenoxy) is 3. The van der Waals surface area contributed by atoms with Crippen LogP contribution in [0.5, 0.6) is 17.2 Å². The van der Waals surface area contributed by atoms with Gasteiger partial charge in [-0.1, -0.05) is 36.9 Å². The first-order valence-corrected chi connectivity index (χ1v) is 12.1. The van der Waals surface area contributed by atoms with E-state index in [9.17, 15) is 10.1 Å². The molecule has 38 heavy (non-hydrogen) atoms. The van der Waals surface area contributed by atoms with Crippen molar-refractivity contribution in [3.63, 3.8) is 0 Å². The van der Waals surface area contributed by atoms with Crippen molar-refractivity contribution in [2.75, 3.05) is 6.61 Å². The minimum absolute atomic E-state index is 0.00939. The Morgan fingerprint density at radius 1 is 1.13 bits per heavy atom. The molecule has 0 bridgehead atoms. The number of fused-ring (bicyclic) bond motifs is 2. The second-order valence-corrected chi connectivity index (χ2v) is 9.20. The summed E-state index contributed by atoms with van der Waals surface area (Å²) in [5, 5.41) is 10.8. The molecule has 0 saturated carbocycles. The number of nitriles is 1. The largest absolute Gasteiger partial charge is 0.490 e. The number of hydrogen-bond acceptors (Lipinski definition) is 7. The fourth-order valence-electron chi connectivity index (χ4n) is 4.92. The molecule has 7 nitrogen and oxygen atoms in total. The Hall–Kier alpha value is -4.96. The van der Waals surface area contributed by atoms with Crippen molar-refractivity contribution in [1.82, 2.24) is 0 Å². The number of hydrogen-bond donors (Lipinski definition) is 1. The Morgan fingerprint density at radius 2 is 1.95 bits per heavy atom. The molecule has 7 heteroatoms. The van der Waals surface area contributed by atoms with E-state index in [2.05, 4.69) is 12.6 Å². The third-order valence-corrected chi connectivity index (χ3v) is 6.52. The zero-order valence-corrected chi connectivity index (χ0v) is 21.3. The van der Waals surface area contributed by atoms with E-state index in [4.69, 9.17) is 24.4 Å². The van der Waals surface area contributed by atoms with Crippen molar-refractivity contribution in [3.05, 3.63) is 112 Å². The van der Waals surface area contributed by atoms with E-state index in [1.807, 2.05) is 57.2 Å². The van der Waals surface area contributed by atoms with Gasteiger partial charge in [0.15, 0.2) is 0 Å². The first-order chi connectivity index (χ1) is 18.3. The summed E-state index contributed by atoms with van der Waals surface area (Å²) in [6, 6.07) is 18.6. The zero-order chi connectivity index (χ0) is 27.0. The van der Waals surface area contributed by atoms with Crippen LogP contribution in [0.1, 0.15) is 44.3 Å². The number of aryl methyl sites for hydroxylation is 3. The Kier molecular flexibility index (Phi) is 6.39. The number of esters is 1. The normalized spacial score (nSPS) is 14.4. The van der Waals surface area contributed by atoms with Crippen LogP contribution in [0.2, 0.25) is 0 Å². The van der Waals surface area contributed by atoms with Crippen LogP contribution in [0, 0.1) is 32.1 Å². The number of carbonyl (C=O) groups excluding carboxylic acids is 1. The van der Waals surface area contributed by atoms with Crippen molar-refractivity contribution in [2.24, 2.45) is 5.73 Å². The van der Waals surface area contributed by atoms with Crippen molar-refractivity contribution < 1.29 is 23.4 Å². The lowest BCUT2D eigenvalue weighted by atomic mass is 9.83. The van der Waals surface area contributed by atoms with Crippen LogP contribution in [0.25, 0.3) is 11.0 Å². The number of carbonyl (C=O) groups is 1. The molecule has 1 aliphatic heterocycles. The zero-order valence-electron chi connectivity index (χ0n) is 21.3. The summed E-state index contributed by atoms with van der Waals surface area (Å²) in [5.74, 6) is 0.334. The molecule has 2 N–H and O–H groups in total. The molecular formula is C31H26N2O5. The van der Waals surface area contributed by atoms with Gasteiger partial charge >= 0.3 is 5.97 Å². The van der Waals surface area contributed by atoms with Gasteiger partial charge in [-0.25, -0.2) is 4.79 Å².